The van der Waals surface area contributed by atoms with Crippen molar-refractivity contribution in [3.8, 4) is 0 Å². The minimum atomic E-state index is 0.0125. The zero-order valence-corrected chi connectivity index (χ0v) is 16.5. The maximum absolute atomic E-state index is 11.9. The Morgan fingerprint density at radius 1 is 0.870 bits per heavy atom. The van der Waals surface area contributed by atoms with E-state index in [-0.39, 0.29) is 5.97 Å². The summed E-state index contributed by atoms with van der Waals surface area (Å²) in [7, 11) is 0. The molecule has 0 radical (unpaired) electrons. The summed E-state index contributed by atoms with van der Waals surface area (Å²) in [6, 6.07) is 0. The zero-order chi connectivity index (χ0) is 17.5. The molecule has 0 amide bonds. The second kappa shape index (κ2) is 15.0. The number of esters is 1. The average Bonchev–Trinajstić information content (AvgIpc) is 2.52. The fraction of sp³-hybridized carbons (Fsp3) is 0.952. The lowest BCUT2D eigenvalue weighted by atomic mass is 9.93. The highest BCUT2D eigenvalue weighted by Crippen LogP contribution is 2.20. The fourth-order valence-corrected chi connectivity index (χ4v) is 2.90. The number of carbonyl (C=O) groups excluding carboxylic acids is 1. The number of hydrogen-bond acceptors (Lipinski definition) is 2. The molecular weight excluding hydrogens is 284 g/mol. The summed E-state index contributed by atoms with van der Waals surface area (Å²) in [6.45, 7) is 12.0. The second-order valence-corrected chi connectivity index (χ2v) is 7.78. The van der Waals surface area contributed by atoms with Crippen molar-refractivity contribution in [3.63, 3.8) is 0 Å². The predicted molar refractivity (Wildman–Crippen MR) is 101 cm³/mol. The molecule has 2 atom stereocenters. The van der Waals surface area contributed by atoms with Crippen LogP contribution in [0.4, 0.5) is 0 Å². The van der Waals surface area contributed by atoms with E-state index in [1.165, 1.54) is 51.4 Å². The number of carbonyl (C=O) groups is 1. The molecule has 0 saturated heterocycles. The molecule has 0 aliphatic heterocycles. The summed E-state index contributed by atoms with van der Waals surface area (Å²) in [5.74, 6) is 2.16. The van der Waals surface area contributed by atoms with E-state index in [9.17, 15) is 4.79 Å². The lowest BCUT2D eigenvalue weighted by molar-refractivity contribution is -0.145. The van der Waals surface area contributed by atoms with E-state index in [4.69, 9.17) is 4.74 Å². The smallest absolute Gasteiger partial charge is 0.305 e. The third-order valence-corrected chi connectivity index (χ3v) is 4.85. The molecule has 2 heteroatoms. The Labute approximate surface area is 145 Å². The molecule has 0 heterocycles. The summed E-state index contributed by atoms with van der Waals surface area (Å²) in [5, 5.41) is 0. The molecule has 0 spiro atoms. The molecule has 0 aromatic heterocycles. The van der Waals surface area contributed by atoms with Gasteiger partial charge in [0.2, 0.25) is 0 Å². The van der Waals surface area contributed by atoms with Crippen molar-refractivity contribution in [3.05, 3.63) is 0 Å². The van der Waals surface area contributed by atoms with Gasteiger partial charge in [0.1, 0.15) is 0 Å². The van der Waals surface area contributed by atoms with E-state index < -0.39 is 0 Å². The van der Waals surface area contributed by atoms with E-state index in [1.54, 1.807) is 0 Å². The first-order valence-corrected chi connectivity index (χ1v) is 10.1. The van der Waals surface area contributed by atoms with Crippen LogP contribution in [0.15, 0.2) is 0 Å². The molecule has 0 bridgehead atoms. The molecule has 23 heavy (non-hydrogen) atoms. The van der Waals surface area contributed by atoms with Crippen molar-refractivity contribution in [1.82, 2.24) is 0 Å². The summed E-state index contributed by atoms with van der Waals surface area (Å²) >= 11 is 0. The highest BCUT2D eigenvalue weighted by atomic mass is 16.5. The summed E-state index contributed by atoms with van der Waals surface area (Å²) < 4.78 is 5.53. The van der Waals surface area contributed by atoms with Crippen molar-refractivity contribution in [2.75, 3.05) is 6.61 Å². The summed E-state index contributed by atoms with van der Waals surface area (Å²) in [4.78, 5) is 11.9. The summed E-state index contributed by atoms with van der Waals surface area (Å²) in [6.07, 6.45) is 12.7. The Hall–Kier alpha value is -0.530. The first-order valence-electron chi connectivity index (χ1n) is 10.1. The minimum absolute atomic E-state index is 0.0125. The van der Waals surface area contributed by atoms with Gasteiger partial charge in [-0.1, -0.05) is 79.6 Å². The van der Waals surface area contributed by atoms with Crippen LogP contribution in [-0.2, 0) is 9.53 Å². The molecular formula is C21H42O2. The van der Waals surface area contributed by atoms with Gasteiger partial charge in [-0.3, -0.25) is 4.79 Å². The molecule has 0 aromatic rings. The second-order valence-electron chi connectivity index (χ2n) is 7.78. The topological polar surface area (TPSA) is 26.3 Å². The Balaban J connectivity index is 3.73. The molecule has 0 aromatic carbocycles. The Morgan fingerprint density at radius 2 is 1.57 bits per heavy atom. The number of rotatable bonds is 15. The predicted octanol–water partition coefficient (Wildman–Crippen LogP) is 6.77. The standard InChI is InChI=1S/C21H42O2/c1-6-12-20(16-15-19(5)7-2)17-23-21(22)14-11-9-8-10-13-18(3)4/h18-20H,6-17H2,1-5H3. The SMILES string of the molecule is CCCC(CCC(C)CC)COC(=O)CCCCCCC(C)C. The van der Waals surface area contributed by atoms with Crippen molar-refractivity contribution < 1.29 is 9.53 Å². The van der Waals surface area contributed by atoms with Crippen LogP contribution < -0.4 is 0 Å². The maximum Gasteiger partial charge on any atom is 0.305 e. The maximum atomic E-state index is 11.9. The van der Waals surface area contributed by atoms with Crippen LogP contribution in [0.25, 0.3) is 0 Å². The first kappa shape index (κ1) is 22.5. The van der Waals surface area contributed by atoms with E-state index in [1.807, 2.05) is 0 Å². The minimum Gasteiger partial charge on any atom is -0.465 e. The van der Waals surface area contributed by atoms with Gasteiger partial charge in [0.15, 0.2) is 0 Å². The number of unbranched alkanes of at least 4 members (excludes halogenated alkanes) is 3. The quantitative estimate of drug-likeness (QED) is 0.245. The van der Waals surface area contributed by atoms with Crippen LogP contribution in [0.1, 0.15) is 105 Å². The van der Waals surface area contributed by atoms with Crippen molar-refractivity contribution in [2.24, 2.45) is 17.8 Å². The molecule has 0 N–H and O–H groups in total. The van der Waals surface area contributed by atoms with Crippen molar-refractivity contribution >= 4 is 5.97 Å². The van der Waals surface area contributed by atoms with Crippen LogP contribution >= 0.6 is 0 Å². The number of hydrogen-bond donors (Lipinski definition) is 0. The largest absolute Gasteiger partial charge is 0.465 e. The van der Waals surface area contributed by atoms with E-state index in [0.29, 0.717) is 18.9 Å². The molecule has 0 fully saturated rings. The van der Waals surface area contributed by atoms with Gasteiger partial charge in [-0.2, -0.15) is 0 Å². The van der Waals surface area contributed by atoms with Gasteiger partial charge in [0, 0.05) is 6.42 Å². The van der Waals surface area contributed by atoms with Gasteiger partial charge in [-0.05, 0) is 37.0 Å². The Kier molecular flexibility index (Phi) is 14.7. The van der Waals surface area contributed by atoms with Crippen LogP contribution in [0.2, 0.25) is 0 Å². The zero-order valence-electron chi connectivity index (χ0n) is 16.5. The van der Waals surface area contributed by atoms with Gasteiger partial charge < -0.3 is 4.74 Å². The van der Waals surface area contributed by atoms with Gasteiger partial charge in [0.25, 0.3) is 0 Å². The van der Waals surface area contributed by atoms with Crippen LogP contribution in [-0.4, -0.2) is 12.6 Å². The fourth-order valence-electron chi connectivity index (χ4n) is 2.90. The highest BCUT2D eigenvalue weighted by Gasteiger charge is 2.12. The van der Waals surface area contributed by atoms with Gasteiger partial charge in [-0.15, -0.1) is 0 Å². The van der Waals surface area contributed by atoms with Gasteiger partial charge in [0.05, 0.1) is 6.61 Å². The average molecular weight is 327 g/mol. The molecule has 0 saturated carbocycles. The van der Waals surface area contributed by atoms with Crippen LogP contribution in [0.5, 0.6) is 0 Å². The molecule has 138 valence electrons. The van der Waals surface area contributed by atoms with E-state index in [0.717, 1.165) is 24.7 Å². The van der Waals surface area contributed by atoms with Crippen molar-refractivity contribution in [1.29, 1.82) is 0 Å². The summed E-state index contributed by atoms with van der Waals surface area (Å²) in [5.41, 5.74) is 0. The van der Waals surface area contributed by atoms with E-state index >= 15 is 0 Å². The Bertz CT molecular complexity index is 273. The number of ether oxygens (including phenoxy) is 1. The van der Waals surface area contributed by atoms with Gasteiger partial charge >= 0.3 is 5.97 Å². The lowest BCUT2D eigenvalue weighted by Gasteiger charge is -2.18. The molecule has 0 aliphatic rings. The Morgan fingerprint density at radius 3 is 2.17 bits per heavy atom. The highest BCUT2D eigenvalue weighted by molar-refractivity contribution is 5.69. The first-order chi connectivity index (χ1) is 11.0. The van der Waals surface area contributed by atoms with Crippen molar-refractivity contribution in [2.45, 2.75) is 105 Å². The van der Waals surface area contributed by atoms with Crippen LogP contribution in [0.3, 0.4) is 0 Å². The monoisotopic (exact) mass is 326 g/mol. The van der Waals surface area contributed by atoms with E-state index in [2.05, 4.69) is 34.6 Å². The lowest BCUT2D eigenvalue weighted by Crippen LogP contribution is -2.15. The molecule has 2 unspecified atom stereocenters. The molecule has 0 aliphatic carbocycles. The molecule has 0 rings (SSSR count). The molecule has 2 nitrogen and oxygen atoms in total. The third kappa shape index (κ3) is 14.8. The van der Waals surface area contributed by atoms with Gasteiger partial charge in [-0.25, -0.2) is 0 Å². The third-order valence-electron chi connectivity index (χ3n) is 4.85. The normalized spacial score (nSPS) is 14.0. The van der Waals surface area contributed by atoms with Crippen LogP contribution in [0, 0.1) is 17.8 Å².